The Balaban J connectivity index is 1.46. The number of para-hydroxylation sites is 1. The van der Waals surface area contributed by atoms with Crippen LogP contribution in [-0.2, 0) is 16.4 Å². The molecule has 9 heteroatoms. The fourth-order valence-electron chi connectivity index (χ4n) is 5.34. The molecule has 3 heterocycles. The van der Waals surface area contributed by atoms with Crippen LogP contribution < -0.4 is 14.9 Å². The Labute approximate surface area is 219 Å². The second-order valence-corrected chi connectivity index (χ2v) is 11.8. The highest BCUT2D eigenvalue weighted by molar-refractivity contribution is 7.91. The van der Waals surface area contributed by atoms with Crippen molar-refractivity contribution in [1.29, 1.82) is 0 Å². The topological polar surface area (TPSA) is 103 Å². The first kappa shape index (κ1) is 24.2. The van der Waals surface area contributed by atoms with E-state index in [2.05, 4.69) is 0 Å². The second kappa shape index (κ2) is 9.33. The highest BCUT2D eigenvalue weighted by Gasteiger charge is 2.48. The number of rotatable bonds is 6. The quantitative estimate of drug-likeness (QED) is 0.369. The van der Waals surface area contributed by atoms with Gasteiger partial charge >= 0.3 is 0 Å². The number of carbonyl (C=O) groups is 1. The van der Waals surface area contributed by atoms with E-state index in [1.165, 1.54) is 12.0 Å². The van der Waals surface area contributed by atoms with Gasteiger partial charge in [-0.15, -0.1) is 0 Å². The summed E-state index contributed by atoms with van der Waals surface area (Å²) >= 11 is 0. The highest BCUT2D eigenvalue weighted by Crippen LogP contribution is 2.43. The Hall–Kier alpha value is -4.11. The number of carbonyl (C=O) groups excluding carboxylic acids is 1. The van der Waals surface area contributed by atoms with E-state index in [1.807, 2.05) is 30.3 Å². The van der Waals surface area contributed by atoms with Crippen LogP contribution in [0.4, 0.5) is 0 Å². The molecule has 194 valence electrons. The van der Waals surface area contributed by atoms with E-state index in [1.54, 1.807) is 42.5 Å². The Morgan fingerprint density at radius 3 is 2.47 bits per heavy atom. The molecule has 38 heavy (non-hydrogen) atoms. The van der Waals surface area contributed by atoms with Crippen LogP contribution in [0.5, 0.6) is 11.5 Å². The van der Waals surface area contributed by atoms with E-state index >= 15 is 0 Å². The van der Waals surface area contributed by atoms with Crippen LogP contribution in [0.3, 0.4) is 0 Å². The van der Waals surface area contributed by atoms with Crippen LogP contribution >= 0.6 is 0 Å². The summed E-state index contributed by atoms with van der Waals surface area (Å²) < 4.78 is 42.3. The molecular weight excluding hydrogens is 506 g/mol. The molecule has 0 N–H and O–H groups in total. The van der Waals surface area contributed by atoms with Crippen LogP contribution in [-0.4, -0.2) is 43.9 Å². The third-order valence-corrected chi connectivity index (χ3v) is 8.91. The average Bonchev–Trinajstić information content (AvgIpc) is 3.44. The number of nitrogens with zero attached hydrogens (tertiary/aromatic N) is 1. The van der Waals surface area contributed by atoms with Crippen molar-refractivity contribution in [3.63, 3.8) is 0 Å². The number of fused-ring (bicyclic) bond motifs is 2. The number of hydrogen-bond acceptors (Lipinski definition) is 7. The van der Waals surface area contributed by atoms with Gasteiger partial charge in [-0.25, -0.2) is 8.42 Å². The summed E-state index contributed by atoms with van der Waals surface area (Å²) in [6.07, 6.45) is 0.293. The maximum Gasteiger partial charge on any atom is 0.291 e. The van der Waals surface area contributed by atoms with Crippen LogP contribution in [0, 0.1) is 0 Å². The molecule has 0 aliphatic carbocycles. The van der Waals surface area contributed by atoms with Crippen molar-refractivity contribution < 1.29 is 27.1 Å². The number of amides is 1. The first-order chi connectivity index (χ1) is 18.4. The molecule has 2 aliphatic rings. The predicted octanol–water partition coefficient (Wildman–Crippen LogP) is 4.11. The van der Waals surface area contributed by atoms with Gasteiger partial charge in [0.1, 0.15) is 12.2 Å². The van der Waals surface area contributed by atoms with Crippen molar-refractivity contribution >= 4 is 26.7 Å². The minimum Gasteiger partial charge on any atom is -0.493 e. The third kappa shape index (κ3) is 4.12. The van der Waals surface area contributed by atoms with Crippen molar-refractivity contribution in [1.82, 2.24) is 4.90 Å². The third-order valence-electron chi connectivity index (χ3n) is 7.16. The van der Waals surface area contributed by atoms with Gasteiger partial charge in [0.25, 0.3) is 5.91 Å². The summed E-state index contributed by atoms with van der Waals surface area (Å²) in [4.78, 5) is 28.9. The number of ether oxygens (including phenoxy) is 2. The van der Waals surface area contributed by atoms with E-state index in [-0.39, 0.29) is 28.3 Å². The largest absolute Gasteiger partial charge is 0.493 e. The molecule has 2 atom stereocenters. The Morgan fingerprint density at radius 2 is 1.74 bits per heavy atom. The lowest BCUT2D eigenvalue weighted by atomic mass is 9.97. The predicted molar refractivity (Wildman–Crippen MR) is 141 cm³/mol. The molecule has 0 saturated carbocycles. The molecule has 0 radical (unpaired) electrons. The molecular formula is C29H25NO7S. The number of hydrogen-bond donors (Lipinski definition) is 0. The number of methoxy groups -OCH3 is 1. The number of sulfone groups is 1. The molecule has 6 rings (SSSR count). The van der Waals surface area contributed by atoms with E-state index in [0.29, 0.717) is 41.1 Å². The Bertz CT molecular complexity index is 1710. The lowest BCUT2D eigenvalue weighted by Crippen LogP contribution is -2.40. The highest BCUT2D eigenvalue weighted by atomic mass is 32.2. The summed E-state index contributed by atoms with van der Waals surface area (Å²) in [7, 11) is -1.78. The summed E-state index contributed by atoms with van der Waals surface area (Å²) in [5.74, 6) is 0.230. The zero-order valence-corrected chi connectivity index (χ0v) is 21.4. The van der Waals surface area contributed by atoms with Crippen molar-refractivity contribution in [2.75, 3.05) is 18.6 Å². The summed E-state index contributed by atoms with van der Waals surface area (Å²) in [5, 5.41) is 0.361. The van der Waals surface area contributed by atoms with Crippen LogP contribution in [0.1, 0.15) is 39.7 Å². The summed E-state index contributed by atoms with van der Waals surface area (Å²) in [6, 6.07) is 20.3. The molecule has 1 aromatic heterocycles. The molecule has 1 amide bonds. The molecule has 2 unspecified atom stereocenters. The number of benzene rings is 3. The zero-order valence-electron chi connectivity index (χ0n) is 20.6. The standard InChI is InChI=1S/C29H25NO7S/c1-35-24-15-19(11-12-23(24)36-16-18-7-3-2-4-8-18)26-25-27(31)21-9-5-6-10-22(21)37-28(25)29(32)30(26)20-13-14-38(33,34)17-20/h2-12,15,20,26H,13-14,16-17H2,1H3. The van der Waals surface area contributed by atoms with Gasteiger partial charge in [-0.2, -0.15) is 0 Å². The maximum absolute atomic E-state index is 13.7. The zero-order chi connectivity index (χ0) is 26.4. The van der Waals surface area contributed by atoms with Crippen LogP contribution in [0.2, 0.25) is 0 Å². The molecule has 8 nitrogen and oxygen atoms in total. The average molecular weight is 532 g/mol. The van der Waals surface area contributed by atoms with Gasteiger partial charge in [-0.3, -0.25) is 9.59 Å². The van der Waals surface area contributed by atoms with E-state index < -0.39 is 27.8 Å². The van der Waals surface area contributed by atoms with E-state index in [4.69, 9.17) is 13.9 Å². The molecule has 0 bridgehead atoms. The van der Waals surface area contributed by atoms with Crippen molar-refractivity contribution in [3.05, 3.63) is 105 Å². The molecule has 1 saturated heterocycles. The van der Waals surface area contributed by atoms with Crippen LogP contribution in [0.15, 0.2) is 82.0 Å². The monoisotopic (exact) mass is 531 g/mol. The van der Waals surface area contributed by atoms with Crippen molar-refractivity contribution in [2.24, 2.45) is 0 Å². The first-order valence-corrected chi connectivity index (χ1v) is 14.1. The second-order valence-electron chi connectivity index (χ2n) is 9.53. The fourth-order valence-corrected chi connectivity index (χ4v) is 7.06. The van der Waals surface area contributed by atoms with Crippen molar-refractivity contribution in [3.8, 4) is 11.5 Å². The smallest absolute Gasteiger partial charge is 0.291 e. The van der Waals surface area contributed by atoms with Gasteiger partial charge in [0, 0.05) is 6.04 Å². The minimum atomic E-state index is -3.30. The van der Waals surface area contributed by atoms with Gasteiger partial charge < -0.3 is 18.8 Å². The Kier molecular flexibility index (Phi) is 5.95. The van der Waals surface area contributed by atoms with Gasteiger partial charge in [0.05, 0.1) is 35.6 Å². The summed E-state index contributed by atoms with van der Waals surface area (Å²) in [5.41, 5.74) is 1.80. The molecule has 1 fully saturated rings. The minimum absolute atomic E-state index is 0.0105. The molecule has 0 spiro atoms. The lowest BCUT2D eigenvalue weighted by molar-refractivity contribution is 0.0662. The SMILES string of the molecule is COc1cc(C2c3c(oc4ccccc4c3=O)C(=O)N2C2CCS(=O)(=O)C2)ccc1OCc1ccccc1. The molecule has 4 aromatic rings. The summed E-state index contributed by atoms with van der Waals surface area (Å²) in [6.45, 7) is 0.336. The Morgan fingerprint density at radius 1 is 0.974 bits per heavy atom. The molecule has 3 aromatic carbocycles. The van der Waals surface area contributed by atoms with Gasteiger partial charge in [-0.1, -0.05) is 48.5 Å². The normalized spacial score (nSPS) is 20.0. The van der Waals surface area contributed by atoms with Crippen LogP contribution in [0.25, 0.3) is 11.0 Å². The maximum atomic E-state index is 13.7. The van der Waals surface area contributed by atoms with Gasteiger partial charge in [-0.05, 0) is 41.8 Å². The molecule has 2 aliphatic heterocycles. The lowest BCUT2D eigenvalue weighted by Gasteiger charge is -2.30. The van der Waals surface area contributed by atoms with E-state index in [0.717, 1.165) is 5.56 Å². The fraction of sp³-hybridized carbons (Fsp3) is 0.241. The van der Waals surface area contributed by atoms with Gasteiger partial charge in [0.15, 0.2) is 26.8 Å². The van der Waals surface area contributed by atoms with E-state index in [9.17, 15) is 18.0 Å². The first-order valence-electron chi connectivity index (χ1n) is 12.3. The van der Waals surface area contributed by atoms with Gasteiger partial charge in [0.2, 0.25) is 5.76 Å². The van der Waals surface area contributed by atoms with Crippen molar-refractivity contribution in [2.45, 2.75) is 25.1 Å².